The normalized spacial score (nSPS) is 15.8. The highest BCUT2D eigenvalue weighted by atomic mass is 127. The molecule has 0 radical (unpaired) electrons. The van der Waals surface area contributed by atoms with Gasteiger partial charge in [-0.3, -0.25) is 9.67 Å². The summed E-state index contributed by atoms with van der Waals surface area (Å²) in [6.07, 6.45) is 4.02. The molecule has 8 heteroatoms. The first kappa shape index (κ1) is 25.5. The molecule has 3 rings (SSSR count). The Bertz CT molecular complexity index is 853. The van der Waals surface area contributed by atoms with Crippen molar-refractivity contribution in [3.8, 4) is 0 Å². The Balaban J connectivity index is 0.00000341. The van der Waals surface area contributed by atoms with Crippen molar-refractivity contribution in [1.29, 1.82) is 0 Å². The standard InChI is InChI=1S/C23H37N7.HI/c1-7-24-23(25-16-22(27(4)5)20-15-26-28(6)17-20)30-13-11-29(12-14-30)21-10-8-9-18(2)19(21)3;/h8-10,15,17,22H,7,11-14,16H2,1-6H3,(H,24,25);1H. The van der Waals surface area contributed by atoms with Gasteiger partial charge in [-0.25, -0.2) is 0 Å². The first-order valence-corrected chi connectivity index (χ1v) is 10.9. The molecule has 1 aromatic heterocycles. The lowest BCUT2D eigenvalue weighted by molar-refractivity contribution is 0.303. The number of benzene rings is 1. The third kappa shape index (κ3) is 6.35. The Kier molecular flexibility index (Phi) is 9.61. The maximum absolute atomic E-state index is 5.01. The molecular formula is C23H38IN7. The van der Waals surface area contributed by atoms with Gasteiger partial charge < -0.3 is 20.0 Å². The number of halogens is 1. The van der Waals surface area contributed by atoms with Crippen LogP contribution in [-0.2, 0) is 7.05 Å². The Morgan fingerprint density at radius 2 is 1.90 bits per heavy atom. The zero-order valence-electron chi connectivity index (χ0n) is 19.8. The van der Waals surface area contributed by atoms with Crippen LogP contribution in [0, 0.1) is 13.8 Å². The largest absolute Gasteiger partial charge is 0.368 e. The van der Waals surface area contributed by atoms with Gasteiger partial charge in [0.1, 0.15) is 0 Å². The van der Waals surface area contributed by atoms with Crippen molar-refractivity contribution in [2.75, 3.05) is 58.3 Å². The summed E-state index contributed by atoms with van der Waals surface area (Å²) in [4.78, 5) is 12.1. The summed E-state index contributed by atoms with van der Waals surface area (Å²) in [6.45, 7) is 12.1. The molecule has 1 fully saturated rings. The second kappa shape index (κ2) is 11.7. The Hall–Kier alpha value is -1.81. The molecule has 0 amide bonds. The number of rotatable bonds is 6. The van der Waals surface area contributed by atoms with Gasteiger partial charge in [-0.2, -0.15) is 5.10 Å². The minimum atomic E-state index is 0. The summed E-state index contributed by atoms with van der Waals surface area (Å²) in [7, 11) is 6.16. The predicted octanol–water partition coefficient (Wildman–Crippen LogP) is 3.05. The highest BCUT2D eigenvalue weighted by molar-refractivity contribution is 14.0. The van der Waals surface area contributed by atoms with Gasteiger partial charge >= 0.3 is 0 Å². The Morgan fingerprint density at radius 1 is 1.19 bits per heavy atom. The first-order chi connectivity index (χ1) is 14.4. The zero-order chi connectivity index (χ0) is 21.7. The Labute approximate surface area is 204 Å². The molecule has 1 aromatic carbocycles. The maximum Gasteiger partial charge on any atom is 0.194 e. The van der Waals surface area contributed by atoms with Crippen LogP contribution in [0.4, 0.5) is 5.69 Å². The molecule has 0 bridgehead atoms. The molecule has 2 heterocycles. The van der Waals surface area contributed by atoms with E-state index < -0.39 is 0 Å². The van der Waals surface area contributed by atoms with Crippen molar-refractivity contribution < 1.29 is 0 Å². The van der Waals surface area contributed by atoms with Crippen LogP contribution in [0.3, 0.4) is 0 Å². The van der Waals surface area contributed by atoms with Gasteiger partial charge in [0.25, 0.3) is 0 Å². The summed E-state index contributed by atoms with van der Waals surface area (Å²) in [5.74, 6) is 1.01. The molecule has 1 aliphatic heterocycles. The molecule has 172 valence electrons. The number of aromatic nitrogens is 2. The van der Waals surface area contributed by atoms with E-state index in [1.54, 1.807) is 0 Å². The van der Waals surface area contributed by atoms with Crippen molar-refractivity contribution in [3.05, 3.63) is 47.3 Å². The number of guanidine groups is 1. The molecule has 1 atom stereocenters. The number of likely N-dealkylation sites (N-methyl/N-ethyl adjacent to an activating group) is 1. The van der Waals surface area contributed by atoms with Gasteiger partial charge in [0, 0.05) is 57.2 Å². The smallest absolute Gasteiger partial charge is 0.194 e. The number of nitrogens with one attached hydrogen (secondary N) is 1. The lowest BCUT2D eigenvalue weighted by Crippen LogP contribution is -2.52. The maximum atomic E-state index is 5.01. The van der Waals surface area contributed by atoms with Crippen LogP contribution in [0.1, 0.15) is 29.7 Å². The quantitative estimate of drug-likeness (QED) is 0.348. The van der Waals surface area contributed by atoms with E-state index in [1.807, 2.05) is 17.9 Å². The third-order valence-corrected chi connectivity index (χ3v) is 5.98. The van der Waals surface area contributed by atoms with Crippen molar-refractivity contribution in [3.63, 3.8) is 0 Å². The number of piperazine rings is 1. The molecule has 1 aliphatic rings. The van der Waals surface area contributed by atoms with Crippen molar-refractivity contribution in [2.45, 2.75) is 26.8 Å². The molecule has 1 N–H and O–H groups in total. The van der Waals surface area contributed by atoms with Crippen LogP contribution in [-0.4, -0.2) is 78.9 Å². The number of anilines is 1. The monoisotopic (exact) mass is 539 g/mol. The molecule has 0 spiro atoms. The number of hydrogen-bond acceptors (Lipinski definition) is 4. The van der Waals surface area contributed by atoms with Crippen molar-refractivity contribution in [1.82, 2.24) is 24.9 Å². The second-order valence-corrected chi connectivity index (χ2v) is 8.31. The fourth-order valence-corrected chi connectivity index (χ4v) is 4.02. The minimum absolute atomic E-state index is 0. The molecule has 7 nitrogen and oxygen atoms in total. The van der Waals surface area contributed by atoms with Gasteiger partial charge in [-0.05, 0) is 52.1 Å². The molecule has 1 unspecified atom stereocenters. The minimum Gasteiger partial charge on any atom is -0.368 e. The van der Waals surface area contributed by atoms with E-state index in [1.165, 1.54) is 22.4 Å². The predicted molar refractivity (Wildman–Crippen MR) is 141 cm³/mol. The van der Waals surface area contributed by atoms with Gasteiger partial charge in [-0.15, -0.1) is 24.0 Å². The van der Waals surface area contributed by atoms with Crippen LogP contribution in [0.2, 0.25) is 0 Å². The lowest BCUT2D eigenvalue weighted by atomic mass is 10.1. The third-order valence-electron chi connectivity index (χ3n) is 5.98. The second-order valence-electron chi connectivity index (χ2n) is 8.31. The van der Waals surface area contributed by atoms with Gasteiger partial charge in [0.05, 0.1) is 18.8 Å². The summed E-state index contributed by atoms with van der Waals surface area (Å²) >= 11 is 0. The highest BCUT2D eigenvalue weighted by Gasteiger charge is 2.22. The summed E-state index contributed by atoms with van der Waals surface area (Å²) < 4.78 is 1.85. The van der Waals surface area contributed by atoms with E-state index in [2.05, 4.69) is 84.4 Å². The zero-order valence-corrected chi connectivity index (χ0v) is 22.1. The summed E-state index contributed by atoms with van der Waals surface area (Å²) in [6, 6.07) is 6.81. The molecule has 0 aliphatic carbocycles. The van der Waals surface area contributed by atoms with E-state index in [0.29, 0.717) is 6.54 Å². The molecule has 31 heavy (non-hydrogen) atoms. The van der Waals surface area contributed by atoms with Crippen molar-refractivity contribution in [2.24, 2.45) is 12.0 Å². The number of hydrogen-bond donors (Lipinski definition) is 1. The summed E-state index contributed by atoms with van der Waals surface area (Å²) in [5, 5.41) is 7.83. The topological polar surface area (TPSA) is 51.9 Å². The SMILES string of the molecule is CCNC(=NCC(c1cnn(C)c1)N(C)C)N1CCN(c2cccc(C)c2C)CC1.I. The van der Waals surface area contributed by atoms with Crippen LogP contribution in [0.5, 0.6) is 0 Å². The lowest BCUT2D eigenvalue weighted by Gasteiger charge is -2.38. The van der Waals surface area contributed by atoms with Crippen LogP contribution < -0.4 is 10.2 Å². The average Bonchev–Trinajstić information content (AvgIpc) is 3.15. The molecule has 2 aromatic rings. The fourth-order valence-electron chi connectivity index (χ4n) is 4.02. The molecule has 1 saturated heterocycles. The van der Waals surface area contributed by atoms with E-state index in [0.717, 1.165) is 38.7 Å². The number of nitrogens with zero attached hydrogens (tertiary/aromatic N) is 6. The van der Waals surface area contributed by atoms with E-state index in [9.17, 15) is 0 Å². The highest BCUT2D eigenvalue weighted by Crippen LogP contribution is 2.24. The van der Waals surface area contributed by atoms with Crippen LogP contribution in [0.15, 0.2) is 35.6 Å². The Morgan fingerprint density at radius 3 is 2.48 bits per heavy atom. The molecular weight excluding hydrogens is 501 g/mol. The first-order valence-electron chi connectivity index (χ1n) is 10.9. The van der Waals surface area contributed by atoms with Crippen LogP contribution >= 0.6 is 24.0 Å². The van der Waals surface area contributed by atoms with Gasteiger partial charge in [-0.1, -0.05) is 12.1 Å². The summed E-state index contributed by atoms with van der Waals surface area (Å²) in [5.41, 5.74) is 5.30. The average molecular weight is 540 g/mol. The molecule has 0 saturated carbocycles. The van der Waals surface area contributed by atoms with Crippen molar-refractivity contribution >= 4 is 35.6 Å². The van der Waals surface area contributed by atoms with Gasteiger partial charge in [0.15, 0.2) is 5.96 Å². The number of aliphatic imine (C=N–C) groups is 1. The van der Waals surface area contributed by atoms with E-state index >= 15 is 0 Å². The van der Waals surface area contributed by atoms with E-state index in [-0.39, 0.29) is 30.0 Å². The van der Waals surface area contributed by atoms with E-state index in [4.69, 9.17) is 4.99 Å². The number of aryl methyl sites for hydroxylation is 2. The fraction of sp³-hybridized carbons (Fsp3) is 0.565. The van der Waals surface area contributed by atoms with Crippen LogP contribution in [0.25, 0.3) is 0 Å². The van der Waals surface area contributed by atoms with Gasteiger partial charge in [0.2, 0.25) is 0 Å².